The van der Waals surface area contributed by atoms with E-state index in [1.165, 1.54) is 24.6 Å². The zero-order chi connectivity index (χ0) is 21.8. The predicted octanol–water partition coefficient (Wildman–Crippen LogP) is 3.91. The van der Waals surface area contributed by atoms with Crippen LogP contribution in [0.5, 0.6) is 0 Å². The van der Waals surface area contributed by atoms with Crippen LogP contribution in [0.25, 0.3) is 0 Å². The number of rotatable bonds is 4. The van der Waals surface area contributed by atoms with Gasteiger partial charge < -0.3 is 20.0 Å². The van der Waals surface area contributed by atoms with Gasteiger partial charge in [-0.2, -0.15) is 0 Å². The number of nitrogens with zero attached hydrogens (tertiary/aromatic N) is 3. The first-order chi connectivity index (χ1) is 15.0. The number of carbonyl (C=O) groups excluding carboxylic acids is 2. The lowest BCUT2D eigenvalue weighted by Gasteiger charge is -2.37. The number of aryl methyl sites for hydroxylation is 1. The summed E-state index contributed by atoms with van der Waals surface area (Å²) in [7, 11) is 0. The maximum atomic E-state index is 13.5. The highest BCUT2D eigenvalue weighted by atomic mass is 16.2. The van der Waals surface area contributed by atoms with Crippen LogP contribution < -0.4 is 15.1 Å². The summed E-state index contributed by atoms with van der Waals surface area (Å²) >= 11 is 0. The van der Waals surface area contributed by atoms with E-state index in [1.54, 1.807) is 0 Å². The molecule has 0 radical (unpaired) electrons. The van der Waals surface area contributed by atoms with Gasteiger partial charge in [-0.1, -0.05) is 12.1 Å². The second kappa shape index (κ2) is 9.41. The van der Waals surface area contributed by atoms with E-state index in [9.17, 15) is 9.59 Å². The highest BCUT2D eigenvalue weighted by molar-refractivity contribution is 6.01. The number of hydrogen-bond donors (Lipinski definition) is 1. The fourth-order valence-electron chi connectivity index (χ4n) is 4.55. The lowest BCUT2D eigenvalue weighted by atomic mass is 10.0. The molecule has 0 unspecified atom stereocenters. The van der Waals surface area contributed by atoms with Crippen LogP contribution in [-0.2, 0) is 4.79 Å². The van der Waals surface area contributed by atoms with Crippen LogP contribution in [0.3, 0.4) is 0 Å². The van der Waals surface area contributed by atoms with Crippen LogP contribution >= 0.6 is 0 Å². The Kier molecular flexibility index (Phi) is 6.44. The van der Waals surface area contributed by atoms with Crippen LogP contribution in [0.1, 0.15) is 42.1 Å². The zero-order valence-corrected chi connectivity index (χ0v) is 18.6. The smallest absolute Gasteiger partial charge is 0.256 e. The molecule has 0 atom stereocenters. The maximum Gasteiger partial charge on any atom is 0.256 e. The molecule has 0 aromatic heterocycles. The lowest BCUT2D eigenvalue weighted by molar-refractivity contribution is -0.114. The van der Waals surface area contributed by atoms with E-state index in [0.717, 1.165) is 56.0 Å². The minimum atomic E-state index is -0.101. The molecular weight excluding hydrogens is 388 g/mol. The molecule has 2 saturated heterocycles. The maximum absolute atomic E-state index is 13.5. The van der Waals surface area contributed by atoms with Gasteiger partial charge in [0.1, 0.15) is 0 Å². The van der Waals surface area contributed by atoms with Crippen molar-refractivity contribution in [3.63, 3.8) is 0 Å². The molecular formula is C25H32N4O2. The van der Waals surface area contributed by atoms with Gasteiger partial charge in [0.25, 0.3) is 5.91 Å². The van der Waals surface area contributed by atoms with Gasteiger partial charge in [-0.25, -0.2) is 0 Å². The average Bonchev–Trinajstić information content (AvgIpc) is 2.79. The first-order valence-corrected chi connectivity index (χ1v) is 11.3. The van der Waals surface area contributed by atoms with Gasteiger partial charge in [0.2, 0.25) is 5.91 Å². The molecule has 0 spiro atoms. The fourth-order valence-corrected chi connectivity index (χ4v) is 4.55. The second-order valence-electron chi connectivity index (χ2n) is 8.58. The van der Waals surface area contributed by atoms with E-state index in [2.05, 4.69) is 46.3 Å². The van der Waals surface area contributed by atoms with Gasteiger partial charge in [-0.15, -0.1) is 0 Å². The Morgan fingerprint density at radius 3 is 2.26 bits per heavy atom. The number of carbonyl (C=O) groups is 2. The quantitative estimate of drug-likeness (QED) is 0.815. The summed E-state index contributed by atoms with van der Waals surface area (Å²) in [6.07, 6.45) is 3.49. The summed E-state index contributed by atoms with van der Waals surface area (Å²) in [5, 5.41) is 2.86. The van der Waals surface area contributed by atoms with Crippen molar-refractivity contribution in [2.45, 2.75) is 33.1 Å². The molecule has 164 valence electrons. The number of amides is 2. The van der Waals surface area contributed by atoms with Crippen molar-refractivity contribution in [3.05, 3.63) is 53.6 Å². The van der Waals surface area contributed by atoms with Crippen molar-refractivity contribution in [1.82, 2.24) is 4.90 Å². The molecule has 0 saturated carbocycles. The Labute approximate surface area is 184 Å². The number of piperazine rings is 1. The molecule has 0 aliphatic carbocycles. The van der Waals surface area contributed by atoms with Crippen LogP contribution in [0, 0.1) is 6.92 Å². The SMILES string of the molecule is CC(=O)Nc1ccc(C(=O)N2CCN(c3cccc(C)c3)CC2)c(N2CCCCC2)c1. The number of piperidine rings is 1. The van der Waals surface area contributed by atoms with Gasteiger partial charge in [-0.3, -0.25) is 9.59 Å². The van der Waals surface area contributed by atoms with E-state index in [4.69, 9.17) is 0 Å². The van der Waals surface area contributed by atoms with E-state index < -0.39 is 0 Å². The van der Waals surface area contributed by atoms with Crippen molar-refractivity contribution in [1.29, 1.82) is 0 Å². The minimum Gasteiger partial charge on any atom is -0.371 e. The molecule has 2 fully saturated rings. The fraction of sp³-hybridized carbons (Fsp3) is 0.440. The number of anilines is 3. The molecule has 31 heavy (non-hydrogen) atoms. The monoisotopic (exact) mass is 420 g/mol. The third kappa shape index (κ3) is 5.01. The van der Waals surface area contributed by atoms with Crippen LogP contribution in [-0.4, -0.2) is 56.0 Å². The average molecular weight is 421 g/mol. The van der Waals surface area contributed by atoms with Crippen LogP contribution in [0.15, 0.2) is 42.5 Å². The molecule has 2 aromatic rings. The van der Waals surface area contributed by atoms with Crippen molar-refractivity contribution in [2.75, 3.05) is 54.4 Å². The molecule has 2 aromatic carbocycles. The largest absolute Gasteiger partial charge is 0.371 e. The molecule has 2 amide bonds. The summed E-state index contributed by atoms with van der Waals surface area (Å²) < 4.78 is 0. The topological polar surface area (TPSA) is 55.9 Å². The molecule has 1 N–H and O–H groups in total. The van der Waals surface area contributed by atoms with E-state index >= 15 is 0 Å². The summed E-state index contributed by atoms with van der Waals surface area (Å²) in [6, 6.07) is 14.2. The third-order valence-corrected chi connectivity index (χ3v) is 6.18. The molecule has 6 nitrogen and oxygen atoms in total. The first kappa shape index (κ1) is 21.2. The molecule has 2 heterocycles. The standard InChI is InChI=1S/C25H32N4O2/c1-19-7-6-8-22(17-19)27-13-15-29(16-14-27)25(31)23-10-9-21(26-20(2)30)18-24(23)28-11-4-3-5-12-28/h6-10,17-18H,3-5,11-16H2,1-2H3,(H,26,30). The Bertz CT molecular complexity index is 944. The second-order valence-corrected chi connectivity index (χ2v) is 8.58. The number of benzene rings is 2. The zero-order valence-electron chi connectivity index (χ0n) is 18.6. The highest BCUT2D eigenvalue weighted by Crippen LogP contribution is 2.29. The van der Waals surface area contributed by atoms with Crippen LogP contribution in [0.2, 0.25) is 0 Å². The lowest BCUT2D eigenvalue weighted by Crippen LogP contribution is -2.49. The van der Waals surface area contributed by atoms with Crippen molar-refractivity contribution < 1.29 is 9.59 Å². The predicted molar refractivity (Wildman–Crippen MR) is 126 cm³/mol. The van der Waals surface area contributed by atoms with Crippen molar-refractivity contribution in [2.24, 2.45) is 0 Å². The minimum absolute atomic E-state index is 0.0823. The summed E-state index contributed by atoms with van der Waals surface area (Å²) in [6.45, 7) is 8.59. The van der Waals surface area contributed by atoms with Gasteiger partial charge in [-0.05, 0) is 62.1 Å². The van der Waals surface area contributed by atoms with Gasteiger partial charge in [0.15, 0.2) is 0 Å². The van der Waals surface area contributed by atoms with Crippen molar-refractivity contribution in [3.8, 4) is 0 Å². The van der Waals surface area contributed by atoms with Crippen LogP contribution in [0.4, 0.5) is 17.1 Å². The van der Waals surface area contributed by atoms with Gasteiger partial charge >= 0.3 is 0 Å². The van der Waals surface area contributed by atoms with E-state index in [-0.39, 0.29) is 11.8 Å². The normalized spacial score (nSPS) is 16.9. The number of nitrogens with one attached hydrogen (secondary N) is 1. The number of hydrogen-bond acceptors (Lipinski definition) is 4. The molecule has 2 aliphatic rings. The first-order valence-electron chi connectivity index (χ1n) is 11.3. The van der Waals surface area contributed by atoms with Gasteiger partial charge in [0.05, 0.1) is 11.3 Å². The third-order valence-electron chi connectivity index (χ3n) is 6.18. The van der Waals surface area contributed by atoms with E-state index in [0.29, 0.717) is 13.1 Å². The Morgan fingerprint density at radius 1 is 0.839 bits per heavy atom. The van der Waals surface area contributed by atoms with Crippen molar-refractivity contribution >= 4 is 28.9 Å². The van der Waals surface area contributed by atoms with E-state index in [1.807, 2.05) is 23.1 Å². The summed E-state index contributed by atoms with van der Waals surface area (Å²) in [5.41, 5.74) is 4.90. The van der Waals surface area contributed by atoms with Gasteiger partial charge in [0, 0.05) is 57.6 Å². The highest BCUT2D eigenvalue weighted by Gasteiger charge is 2.26. The molecule has 0 bridgehead atoms. The molecule has 4 rings (SSSR count). The Morgan fingerprint density at radius 2 is 1.58 bits per heavy atom. The molecule has 6 heteroatoms. The Hall–Kier alpha value is -3.02. The Balaban J connectivity index is 1.51. The molecule has 2 aliphatic heterocycles. The summed E-state index contributed by atoms with van der Waals surface area (Å²) in [5.74, 6) is -0.0187. The summed E-state index contributed by atoms with van der Waals surface area (Å²) in [4.78, 5) is 31.6.